The van der Waals surface area contributed by atoms with Gasteiger partial charge in [0, 0.05) is 6.04 Å². The maximum absolute atomic E-state index is 7.16. The maximum Gasteiger partial charge on any atom is 0.119 e. The maximum atomic E-state index is 7.16. The van der Waals surface area contributed by atoms with Gasteiger partial charge in [-0.25, -0.2) is 0 Å². The normalized spacial score (nSPS) is 61.0. The molecule has 0 heterocycles. The van der Waals surface area contributed by atoms with E-state index < -0.39 is 0 Å². The molecule has 2 saturated carbocycles. The molecule has 0 aromatic rings. The van der Waals surface area contributed by atoms with E-state index in [1.165, 1.54) is 12.8 Å². The molecular weight excluding hydrogens is 122 g/mol. The Balaban J connectivity index is 2.10. The highest BCUT2D eigenvalue weighted by molar-refractivity contribution is 4.99. The van der Waals surface area contributed by atoms with Gasteiger partial charge in [0.25, 0.3) is 0 Å². The molecule has 2 rings (SSSR count). The Morgan fingerprint density at radius 2 is 2.10 bits per heavy atom. The van der Waals surface area contributed by atoms with Crippen molar-refractivity contribution >= 4 is 0 Å². The molecule has 10 heavy (non-hydrogen) atoms. The fourth-order valence-corrected chi connectivity index (χ4v) is 2.94. The molecule has 2 aliphatic carbocycles. The summed E-state index contributed by atoms with van der Waals surface area (Å²) in [4.78, 5) is 0. The third kappa shape index (κ3) is 0.672. The van der Waals surface area contributed by atoms with Crippen LogP contribution in [0.2, 0.25) is 1.41 Å². The van der Waals surface area contributed by atoms with Gasteiger partial charge in [0.15, 0.2) is 0 Å². The van der Waals surface area contributed by atoms with Gasteiger partial charge in [-0.2, -0.15) is 0 Å². The van der Waals surface area contributed by atoms with Crippen LogP contribution in [0.5, 0.6) is 0 Å². The minimum absolute atomic E-state index is 0.506. The summed E-state index contributed by atoms with van der Waals surface area (Å²) in [6, 6.07) is 0.506. The third-order valence-corrected chi connectivity index (χ3v) is 3.90. The van der Waals surface area contributed by atoms with Crippen LogP contribution in [-0.4, -0.2) is 6.04 Å². The van der Waals surface area contributed by atoms with Crippen LogP contribution >= 0.6 is 0 Å². The van der Waals surface area contributed by atoms with Gasteiger partial charge >= 0.3 is 0 Å². The molecule has 0 amide bonds. The van der Waals surface area contributed by atoms with Gasteiger partial charge in [0.05, 0.1) is 0 Å². The minimum Gasteiger partial charge on any atom is -0.327 e. The Morgan fingerprint density at radius 3 is 2.60 bits per heavy atom. The number of hydrogen-bond acceptors (Lipinski definition) is 1. The number of nitrogens with two attached hydrogens (primary N) is 1. The summed E-state index contributed by atoms with van der Waals surface area (Å²) in [5.41, 5.74) is 2.70. The summed E-state index contributed by atoms with van der Waals surface area (Å²) in [7, 11) is 0. The van der Waals surface area contributed by atoms with Crippen molar-refractivity contribution in [3.05, 3.63) is 0 Å². The Kier molecular flexibility index (Phi) is 1.10. The quantitative estimate of drug-likeness (QED) is 0.590. The largest absolute Gasteiger partial charge is 0.327 e. The van der Waals surface area contributed by atoms with Crippen molar-refractivity contribution in [3.63, 3.8) is 0 Å². The third-order valence-electron chi connectivity index (χ3n) is 3.90. The second-order valence-electron chi connectivity index (χ2n) is 4.22. The number of rotatable bonds is 1. The van der Waals surface area contributed by atoms with Crippen LogP contribution in [0.3, 0.4) is 0 Å². The highest BCUT2D eigenvalue weighted by Crippen LogP contribution is 2.50. The van der Waals surface area contributed by atoms with Crippen LogP contribution in [0.15, 0.2) is 0 Å². The first-order chi connectivity index (χ1) is 5.24. The standard InChI is InChI=1S/C9H17N/c1-5-6(2)8-3-7(5)4-9(8)10/h5-9H,3-4,10H2,1-2H3/t5-,6+,7?,8?,9+/m0/s1/i/hT. The molecule has 2 N–H and O–H groups in total. The molecule has 1 nitrogen and oxygen atoms in total. The average Bonchev–Trinajstić information content (AvgIpc) is 2.53. The van der Waals surface area contributed by atoms with Gasteiger partial charge in [-0.3, -0.25) is 0 Å². The highest BCUT2D eigenvalue weighted by Gasteiger charge is 2.46. The van der Waals surface area contributed by atoms with Gasteiger partial charge in [0.1, 0.15) is 1.41 Å². The molecule has 0 spiro atoms. The van der Waals surface area contributed by atoms with E-state index in [2.05, 4.69) is 19.6 Å². The summed E-state index contributed by atoms with van der Waals surface area (Å²) in [5.74, 6) is 3.46. The lowest BCUT2D eigenvalue weighted by molar-refractivity contribution is 0.234. The zero-order chi connectivity index (χ0) is 8.01. The predicted octanol–water partition coefficient (Wildman–Crippen LogP) is 1.63. The van der Waals surface area contributed by atoms with E-state index in [9.17, 15) is 0 Å². The molecule has 2 aliphatic rings. The van der Waals surface area contributed by atoms with Crippen LogP contribution in [0, 0.1) is 23.7 Å². The zero-order valence-electron chi connectivity index (χ0n) is 7.80. The van der Waals surface area contributed by atoms with E-state index in [1.807, 2.05) is 0 Å². The lowest BCUT2D eigenvalue weighted by Crippen LogP contribution is -2.34. The SMILES string of the molecule is [3H]N[C@@H]1CC2CC1[C@H](C)[C@@H]2C. The predicted molar refractivity (Wildman–Crippen MR) is 42.5 cm³/mol. The highest BCUT2D eigenvalue weighted by atomic mass is 14.7. The van der Waals surface area contributed by atoms with E-state index in [1.54, 1.807) is 0 Å². The van der Waals surface area contributed by atoms with Crippen molar-refractivity contribution in [1.82, 2.24) is 0 Å². The number of hydrogen-bond donors (Lipinski definition) is 1. The van der Waals surface area contributed by atoms with Crippen molar-refractivity contribution in [3.8, 4) is 0 Å². The van der Waals surface area contributed by atoms with Gasteiger partial charge in [0.2, 0.25) is 0 Å². The monoisotopic (exact) mass is 141 g/mol. The molecular formula is C9H17N. The van der Waals surface area contributed by atoms with Gasteiger partial charge in [-0.1, -0.05) is 13.8 Å². The fourth-order valence-electron chi connectivity index (χ4n) is 2.94. The Labute approximate surface area is 64.5 Å². The molecule has 2 unspecified atom stereocenters. The second-order valence-corrected chi connectivity index (χ2v) is 4.22. The van der Waals surface area contributed by atoms with Crippen molar-refractivity contribution < 1.29 is 1.41 Å². The summed E-state index contributed by atoms with van der Waals surface area (Å²) < 4.78 is 7.16. The lowest BCUT2D eigenvalue weighted by Gasteiger charge is -2.29. The van der Waals surface area contributed by atoms with Gasteiger partial charge < -0.3 is 5.73 Å². The van der Waals surface area contributed by atoms with E-state index in [-0.39, 0.29) is 0 Å². The minimum atomic E-state index is 0.506. The molecule has 0 aromatic carbocycles. The lowest BCUT2D eigenvalue weighted by atomic mass is 9.79. The Hall–Kier alpha value is -0.0400. The van der Waals surface area contributed by atoms with Gasteiger partial charge in [-0.15, -0.1) is 0 Å². The van der Waals surface area contributed by atoms with Crippen LogP contribution < -0.4 is 5.73 Å². The first kappa shape index (κ1) is 5.59. The molecule has 2 fully saturated rings. The van der Waals surface area contributed by atoms with Crippen molar-refractivity contribution in [2.24, 2.45) is 29.4 Å². The molecule has 0 radical (unpaired) electrons. The molecule has 0 aromatic heterocycles. The fraction of sp³-hybridized carbons (Fsp3) is 1.00. The molecule has 1 heteroatoms. The molecule has 0 saturated heterocycles. The molecule has 0 aliphatic heterocycles. The van der Waals surface area contributed by atoms with Crippen LogP contribution in [0.4, 0.5) is 0 Å². The number of fused-ring (bicyclic) bond motifs is 2. The van der Waals surface area contributed by atoms with E-state index >= 15 is 0 Å². The molecule has 58 valence electrons. The van der Waals surface area contributed by atoms with E-state index in [0.29, 0.717) is 6.04 Å². The summed E-state index contributed by atoms with van der Waals surface area (Å²) in [6.45, 7) is 4.72. The van der Waals surface area contributed by atoms with E-state index in [0.717, 1.165) is 23.7 Å². The first-order valence-electron chi connectivity index (χ1n) is 4.91. The van der Waals surface area contributed by atoms with Crippen LogP contribution in [0.1, 0.15) is 26.7 Å². The topological polar surface area (TPSA) is 26.0 Å². The average molecular weight is 141 g/mol. The summed E-state index contributed by atoms with van der Waals surface area (Å²) in [5, 5.41) is 0. The van der Waals surface area contributed by atoms with Crippen LogP contribution in [0.25, 0.3) is 0 Å². The van der Waals surface area contributed by atoms with Crippen molar-refractivity contribution in [1.29, 1.82) is 0 Å². The van der Waals surface area contributed by atoms with Crippen LogP contribution in [-0.2, 0) is 0 Å². The van der Waals surface area contributed by atoms with Crippen molar-refractivity contribution in [2.75, 3.05) is 0 Å². The smallest absolute Gasteiger partial charge is 0.119 e. The van der Waals surface area contributed by atoms with E-state index in [4.69, 9.17) is 1.41 Å². The zero-order valence-corrected chi connectivity index (χ0v) is 6.80. The summed E-state index contributed by atoms with van der Waals surface area (Å²) >= 11 is 0. The Morgan fingerprint density at radius 1 is 1.30 bits per heavy atom. The first-order valence-corrected chi connectivity index (χ1v) is 4.41. The Bertz CT molecular complexity index is 154. The second kappa shape index (κ2) is 1.97. The van der Waals surface area contributed by atoms with Gasteiger partial charge in [-0.05, 0) is 36.5 Å². The molecule has 2 bridgehead atoms. The molecule has 5 atom stereocenters. The van der Waals surface area contributed by atoms with Crippen molar-refractivity contribution in [2.45, 2.75) is 32.7 Å². The summed E-state index contributed by atoms with van der Waals surface area (Å²) in [6.07, 6.45) is 2.62.